The zero-order chi connectivity index (χ0) is 23.6. The minimum Gasteiger partial charge on any atom is -0.756 e. The Morgan fingerprint density at radius 2 is 1.42 bits per heavy atom. The first kappa shape index (κ1) is 30.5. The maximum Gasteiger partial charge on any atom is 0.305 e. The van der Waals surface area contributed by atoms with Crippen LogP contribution in [-0.2, 0) is 23.1 Å². The zero-order valence-corrected chi connectivity index (χ0v) is 21.1. The van der Waals surface area contributed by atoms with Crippen LogP contribution in [0.1, 0.15) is 84.0 Å². The molecule has 0 rings (SSSR count). The molecule has 0 aliphatic carbocycles. The fourth-order valence-electron chi connectivity index (χ4n) is 2.88. The normalized spacial score (nSPS) is 14.9. The number of nitrogens with zero attached hydrogens (tertiary/aromatic N) is 1. The molecule has 1 N–H and O–H groups in total. The molecule has 0 saturated heterocycles. The number of ether oxygens (including phenoxy) is 1. The van der Waals surface area contributed by atoms with Gasteiger partial charge in [-0.05, 0) is 6.42 Å². The van der Waals surface area contributed by atoms with Crippen LogP contribution in [0.4, 0.5) is 0 Å². The maximum absolute atomic E-state index is 11.7. The van der Waals surface area contributed by atoms with Crippen LogP contribution < -0.4 is 4.89 Å². The number of carbonyl (C=O) groups is 1. The highest BCUT2D eigenvalue weighted by molar-refractivity contribution is 7.45. The quantitative estimate of drug-likeness (QED) is 0.118. The number of quaternary nitrogens is 1. The fraction of sp³-hybridized carbons (Fsp3) is 0.955. The van der Waals surface area contributed by atoms with Gasteiger partial charge in [-0.25, -0.2) is 0 Å². The van der Waals surface area contributed by atoms with E-state index in [0.29, 0.717) is 17.4 Å². The predicted molar refractivity (Wildman–Crippen MR) is 120 cm³/mol. The molecule has 1 unspecified atom stereocenters. The number of rotatable bonds is 21. The number of unbranched alkanes of at least 4 members (excludes halogenated alkanes) is 10. The summed E-state index contributed by atoms with van der Waals surface area (Å²) in [5.41, 5.74) is 0. The SMILES string of the molecule is CCCCCCCCCCCCCC(=O)OC[C@H](O)COP(=O)([O-])OCC[N+](C)(C)C. The molecule has 8 nitrogen and oxygen atoms in total. The first-order valence-electron chi connectivity index (χ1n) is 11.8. The lowest BCUT2D eigenvalue weighted by atomic mass is 10.1. The Balaban J connectivity index is 3.63. The number of hydrogen-bond acceptors (Lipinski definition) is 7. The number of hydrogen-bond donors (Lipinski definition) is 1. The van der Waals surface area contributed by atoms with E-state index < -0.39 is 20.5 Å². The Bertz CT molecular complexity index is 497. The van der Waals surface area contributed by atoms with E-state index in [-0.39, 0.29) is 19.2 Å². The molecule has 0 fully saturated rings. The Morgan fingerprint density at radius 1 is 0.903 bits per heavy atom. The number of phosphoric acid groups is 1. The summed E-state index contributed by atoms with van der Waals surface area (Å²) in [5.74, 6) is -0.389. The number of likely N-dealkylation sites (N-methyl/N-ethyl adjacent to an activating group) is 1. The van der Waals surface area contributed by atoms with Gasteiger partial charge in [-0.1, -0.05) is 71.1 Å². The number of phosphoric ester groups is 1. The van der Waals surface area contributed by atoms with Gasteiger partial charge in [0.2, 0.25) is 0 Å². The highest BCUT2D eigenvalue weighted by Crippen LogP contribution is 2.38. The minimum absolute atomic E-state index is 0.00564. The highest BCUT2D eigenvalue weighted by atomic mass is 31.2. The molecule has 0 radical (unpaired) electrons. The minimum atomic E-state index is -4.48. The summed E-state index contributed by atoms with van der Waals surface area (Å²) in [6, 6.07) is 0. The van der Waals surface area contributed by atoms with E-state index >= 15 is 0 Å². The third-order valence-corrected chi connectivity index (χ3v) is 5.82. The van der Waals surface area contributed by atoms with Crippen LogP contribution in [-0.4, -0.2) is 69.2 Å². The van der Waals surface area contributed by atoms with Crippen molar-refractivity contribution in [3.8, 4) is 0 Å². The lowest BCUT2D eigenvalue weighted by molar-refractivity contribution is -0.870. The number of aliphatic hydroxyl groups is 1. The molecule has 186 valence electrons. The predicted octanol–water partition coefficient (Wildman–Crippen LogP) is 3.80. The Kier molecular flexibility index (Phi) is 17.7. The largest absolute Gasteiger partial charge is 0.756 e. The van der Waals surface area contributed by atoms with Crippen LogP contribution in [0.15, 0.2) is 0 Å². The van der Waals surface area contributed by atoms with Crippen molar-refractivity contribution in [3.63, 3.8) is 0 Å². The summed E-state index contributed by atoms with van der Waals surface area (Å²) in [7, 11) is 1.25. The molecule has 0 spiro atoms. The molecule has 0 bridgehead atoms. The lowest BCUT2D eigenvalue weighted by Gasteiger charge is -2.27. The van der Waals surface area contributed by atoms with Crippen molar-refractivity contribution < 1.29 is 37.6 Å². The van der Waals surface area contributed by atoms with Crippen molar-refractivity contribution in [3.05, 3.63) is 0 Å². The first-order valence-corrected chi connectivity index (χ1v) is 13.3. The number of esters is 1. The summed E-state index contributed by atoms with van der Waals surface area (Å²) in [6.07, 6.45) is 12.3. The van der Waals surface area contributed by atoms with Crippen molar-refractivity contribution in [2.75, 3.05) is 47.5 Å². The second-order valence-corrected chi connectivity index (χ2v) is 10.6. The summed E-state index contributed by atoms with van der Waals surface area (Å²) in [6.45, 7) is 1.92. The van der Waals surface area contributed by atoms with E-state index in [0.717, 1.165) is 19.3 Å². The van der Waals surface area contributed by atoms with Crippen LogP contribution in [0.5, 0.6) is 0 Å². The van der Waals surface area contributed by atoms with Crippen molar-refractivity contribution in [1.82, 2.24) is 0 Å². The van der Waals surface area contributed by atoms with Gasteiger partial charge < -0.3 is 28.3 Å². The van der Waals surface area contributed by atoms with Crippen LogP contribution in [0.3, 0.4) is 0 Å². The number of aliphatic hydroxyl groups excluding tert-OH is 1. The van der Waals surface area contributed by atoms with Gasteiger partial charge in [0.1, 0.15) is 25.9 Å². The van der Waals surface area contributed by atoms with Crippen molar-refractivity contribution in [2.45, 2.75) is 90.1 Å². The Hall–Kier alpha value is -0.500. The molecule has 2 atom stereocenters. The van der Waals surface area contributed by atoms with Gasteiger partial charge in [-0.2, -0.15) is 0 Å². The first-order chi connectivity index (χ1) is 14.6. The summed E-state index contributed by atoms with van der Waals surface area (Å²) in [4.78, 5) is 23.4. The molecule has 0 amide bonds. The molecule has 0 aromatic carbocycles. The monoisotopic (exact) mass is 467 g/mol. The highest BCUT2D eigenvalue weighted by Gasteiger charge is 2.16. The zero-order valence-electron chi connectivity index (χ0n) is 20.2. The molecule has 0 aliphatic heterocycles. The number of carbonyl (C=O) groups excluding carboxylic acids is 1. The van der Waals surface area contributed by atoms with Gasteiger partial charge in [-0.15, -0.1) is 0 Å². The Morgan fingerprint density at radius 3 is 1.94 bits per heavy atom. The topological polar surface area (TPSA) is 105 Å². The summed E-state index contributed by atoms with van der Waals surface area (Å²) >= 11 is 0. The van der Waals surface area contributed by atoms with Crippen LogP contribution in [0, 0.1) is 0 Å². The third kappa shape index (κ3) is 22.5. The average Bonchev–Trinajstić information content (AvgIpc) is 2.67. The smallest absolute Gasteiger partial charge is 0.305 e. The Labute approximate surface area is 189 Å². The van der Waals surface area contributed by atoms with Crippen LogP contribution in [0.25, 0.3) is 0 Å². The molecular weight excluding hydrogens is 421 g/mol. The van der Waals surface area contributed by atoms with Crippen LogP contribution >= 0.6 is 7.82 Å². The van der Waals surface area contributed by atoms with Gasteiger partial charge in [0.05, 0.1) is 27.7 Å². The van der Waals surface area contributed by atoms with Gasteiger partial charge in [-0.3, -0.25) is 9.36 Å². The molecule has 31 heavy (non-hydrogen) atoms. The van der Waals surface area contributed by atoms with Crippen molar-refractivity contribution >= 4 is 13.8 Å². The molecule has 0 saturated carbocycles. The van der Waals surface area contributed by atoms with E-state index in [9.17, 15) is 19.4 Å². The summed E-state index contributed by atoms with van der Waals surface area (Å²) < 4.78 is 26.6. The standard InChI is InChI=1S/C22H46NO7P/c1-5-6-7-8-9-10-11-12-13-14-15-16-22(25)28-19-21(24)20-30-31(26,27)29-18-17-23(2,3)4/h21,24H,5-20H2,1-4H3/t21-/m0/s1. The molecule has 0 aromatic rings. The maximum atomic E-state index is 11.7. The fourth-order valence-corrected chi connectivity index (χ4v) is 3.62. The van der Waals surface area contributed by atoms with E-state index in [4.69, 9.17) is 9.26 Å². The van der Waals surface area contributed by atoms with Crippen molar-refractivity contribution in [1.29, 1.82) is 0 Å². The van der Waals surface area contributed by atoms with Gasteiger partial charge in [0.25, 0.3) is 7.82 Å². The molecule has 0 aromatic heterocycles. The third-order valence-electron chi connectivity index (χ3n) is 4.86. The van der Waals surface area contributed by atoms with E-state index in [1.165, 1.54) is 51.4 Å². The van der Waals surface area contributed by atoms with Gasteiger partial charge >= 0.3 is 5.97 Å². The van der Waals surface area contributed by atoms with Crippen LogP contribution in [0.2, 0.25) is 0 Å². The summed E-state index contributed by atoms with van der Waals surface area (Å²) in [5, 5.41) is 9.76. The lowest BCUT2D eigenvalue weighted by Crippen LogP contribution is -2.37. The average molecular weight is 468 g/mol. The van der Waals surface area contributed by atoms with E-state index in [2.05, 4.69) is 11.4 Å². The van der Waals surface area contributed by atoms with Gasteiger partial charge in [0.15, 0.2) is 0 Å². The molecular formula is C22H46NO7P. The molecule has 0 aliphatic rings. The van der Waals surface area contributed by atoms with Gasteiger partial charge in [0, 0.05) is 6.42 Å². The van der Waals surface area contributed by atoms with E-state index in [1.807, 2.05) is 21.1 Å². The molecule has 0 heterocycles. The second kappa shape index (κ2) is 18.0. The van der Waals surface area contributed by atoms with E-state index in [1.54, 1.807) is 0 Å². The second-order valence-electron chi connectivity index (χ2n) is 9.21. The van der Waals surface area contributed by atoms with Crippen molar-refractivity contribution in [2.24, 2.45) is 0 Å². The molecule has 9 heteroatoms.